The van der Waals surface area contributed by atoms with Crippen LogP contribution in [0.3, 0.4) is 0 Å². The molecule has 2 aromatic rings. The number of nitrogens with one attached hydrogen (secondary N) is 1. The molecule has 1 unspecified atom stereocenters. The summed E-state index contributed by atoms with van der Waals surface area (Å²) in [5.74, 6) is 2.15. The summed E-state index contributed by atoms with van der Waals surface area (Å²) >= 11 is 3.52. The Kier molecular flexibility index (Phi) is 4.26. The number of piperidine rings is 1. The van der Waals surface area contributed by atoms with E-state index in [2.05, 4.69) is 49.0 Å². The van der Waals surface area contributed by atoms with Crippen molar-refractivity contribution in [3.05, 3.63) is 28.2 Å². The number of H-pyrrole nitrogens is 1. The Bertz CT molecular complexity index is 624. The zero-order valence-corrected chi connectivity index (χ0v) is 13.7. The SMILES string of the molecule is Cc1cc(-c2nc(N3CCCC(CN)C3)n[nH]2)ccc1Br. The maximum atomic E-state index is 5.79. The Balaban J connectivity index is 1.81. The molecule has 0 amide bonds. The highest BCUT2D eigenvalue weighted by Gasteiger charge is 2.21. The van der Waals surface area contributed by atoms with Gasteiger partial charge in [-0.05, 0) is 49.9 Å². The van der Waals surface area contributed by atoms with Gasteiger partial charge in [0.25, 0.3) is 0 Å². The molecule has 0 radical (unpaired) electrons. The first-order valence-corrected chi connectivity index (χ1v) is 8.10. The molecule has 0 saturated carbocycles. The van der Waals surface area contributed by atoms with Gasteiger partial charge in [0.05, 0.1) is 0 Å². The summed E-state index contributed by atoms with van der Waals surface area (Å²) in [5, 5.41) is 7.42. The molecule has 21 heavy (non-hydrogen) atoms. The highest BCUT2D eigenvalue weighted by atomic mass is 79.9. The van der Waals surface area contributed by atoms with Crippen molar-refractivity contribution >= 4 is 21.9 Å². The monoisotopic (exact) mass is 349 g/mol. The first kappa shape index (κ1) is 14.5. The van der Waals surface area contributed by atoms with Gasteiger partial charge in [0, 0.05) is 23.1 Å². The maximum absolute atomic E-state index is 5.79. The molecule has 1 aliphatic heterocycles. The minimum atomic E-state index is 0.552. The molecule has 0 bridgehead atoms. The van der Waals surface area contributed by atoms with Gasteiger partial charge >= 0.3 is 0 Å². The molecule has 3 N–H and O–H groups in total. The minimum absolute atomic E-state index is 0.552. The fraction of sp³-hybridized carbons (Fsp3) is 0.467. The van der Waals surface area contributed by atoms with Crippen molar-refractivity contribution in [1.82, 2.24) is 15.2 Å². The number of rotatable bonds is 3. The predicted octanol–water partition coefficient (Wildman–Crippen LogP) is 2.72. The first-order valence-electron chi connectivity index (χ1n) is 7.31. The largest absolute Gasteiger partial charge is 0.339 e. The van der Waals surface area contributed by atoms with E-state index in [9.17, 15) is 0 Å². The van der Waals surface area contributed by atoms with Gasteiger partial charge in [-0.15, -0.1) is 5.10 Å². The number of nitrogens with two attached hydrogens (primary N) is 1. The van der Waals surface area contributed by atoms with Crippen LogP contribution in [0.5, 0.6) is 0 Å². The third-order valence-electron chi connectivity index (χ3n) is 4.04. The Morgan fingerprint density at radius 2 is 2.33 bits per heavy atom. The van der Waals surface area contributed by atoms with Crippen LogP contribution >= 0.6 is 15.9 Å². The van der Waals surface area contributed by atoms with Crippen molar-refractivity contribution in [1.29, 1.82) is 0 Å². The molecule has 1 fully saturated rings. The lowest BCUT2D eigenvalue weighted by molar-refractivity contribution is 0.420. The van der Waals surface area contributed by atoms with E-state index >= 15 is 0 Å². The first-order chi connectivity index (χ1) is 10.2. The summed E-state index contributed by atoms with van der Waals surface area (Å²) in [7, 11) is 0. The van der Waals surface area contributed by atoms with Gasteiger partial charge in [-0.1, -0.05) is 22.0 Å². The van der Waals surface area contributed by atoms with Gasteiger partial charge in [0.2, 0.25) is 5.95 Å². The van der Waals surface area contributed by atoms with Gasteiger partial charge in [-0.25, -0.2) is 0 Å². The van der Waals surface area contributed by atoms with Gasteiger partial charge in [0.1, 0.15) is 0 Å². The molecule has 5 nitrogen and oxygen atoms in total. The number of aromatic amines is 1. The van der Waals surface area contributed by atoms with Crippen LogP contribution in [0.25, 0.3) is 11.4 Å². The minimum Gasteiger partial charge on any atom is -0.339 e. The molecule has 1 aliphatic rings. The van der Waals surface area contributed by atoms with E-state index in [0.29, 0.717) is 5.92 Å². The molecule has 0 aliphatic carbocycles. The second-order valence-corrected chi connectivity index (χ2v) is 6.49. The number of benzene rings is 1. The predicted molar refractivity (Wildman–Crippen MR) is 88.2 cm³/mol. The Morgan fingerprint density at radius 1 is 1.48 bits per heavy atom. The van der Waals surface area contributed by atoms with Gasteiger partial charge in [0.15, 0.2) is 5.82 Å². The Hall–Kier alpha value is -1.40. The fourth-order valence-corrected chi connectivity index (χ4v) is 3.00. The average Bonchev–Trinajstić information content (AvgIpc) is 3.00. The van der Waals surface area contributed by atoms with Crippen molar-refractivity contribution in [3.63, 3.8) is 0 Å². The normalized spacial score (nSPS) is 19.0. The summed E-state index contributed by atoms with van der Waals surface area (Å²) < 4.78 is 1.10. The van der Waals surface area contributed by atoms with Crippen LogP contribution in [0, 0.1) is 12.8 Å². The van der Waals surface area contributed by atoms with Crippen LogP contribution in [-0.2, 0) is 0 Å². The number of halogens is 1. The number of hydrogen-bond donors (Lipinski definition) is 2. The third-order valence-corrected chi connectivity index (χ3v) is 4.93. The second-order valence-electron chi connectivity index (χ2n) is 5.64. The van der Waals surface area contributed by atoms with E-state index in [1.165, 1.54) is 12.0 Å². The smallest absolute Gasteiger partial charge is 0.245 e. The van der Waals surface area contributed by atoms with E-state index < -0.39 is 0 Å². The molecular formula is C15H20BrN5. The molecule has 1 saturated heterocycles. The zero-order chi connectivity index (χ0) is 14.8. The van der Waals surface area contributed by atoms with Crippen LogP contribution < -0.4 is 10.6 Å². The number of aryl methyl sites for hydroxylation is 1. The van der Waals surface area contributed by atoms with Gasteiger partial charge < -0.3 is 10.6 Å². The van der Waals surface area contributed by atoms with Crippen LogP contribution in [0.4, 0.5) is 5.95 Å². The maximum Gasteiger partial charge on any atom is 0.245 e. The van der Waals surface area contributed by atoms with Crippen LogP contribution in [0.2, 0.25) is 0 Å². The van der Waals surface area contributed by atoms with Crippen molar-refractivity contribution in [2.45, 2.75) is 19.8 Å². The van der Waals surface area contributed by atoms with Gasteiger partial charge in [-0.2, -0.15) is 4.98 Å². The molecule has 6 heteroatoms. The standard InChI is InChI=1S/C15H20BrN5/c1-10-7-12(4-5-13(10)16)14-18-15(20-19-14)21-6-2-3-11(8-17)9-21/h4-5,7,11H,2-3,6,8-9,17H2,1H3,(H,18,19,20). The molecule has 112 valence electrons. The molecule has 0 spiro atoms. The fourth-order valence-electron chi connectivity index (χ4n) is 2.75. The van der Waals surface area contributed by atoms with E-state index in [0.717, 1.165) is 47.9 Å². The van der Waals surface area contributed by atoms with Crippen LogP contribution in [0.15, 0.2) is 22.7 Å². The van der Waals surface area contributed by atoms with Crippen LogP contribution in [-0.4, -0.2) is 34.8 Å². The van der Waals surface area contributed by atoms with Gasteiger partial charge in [-0.3, -0.25) is 5.10 Å². The summed E-state index contributed by atoms with van der Waals surface area (Å²) in [4.78, 5) is 6.88. The quantitative estimate of drug-likeness (QED) is 0.893. The summed E-state index contributed by atoms with van der Waals surface area (Å²) in [6.45, 7) is 4.77. The Morgan fingerprint density at radius 3 is 3.10 bits per heavy atom. The lowest BCUT2D eigenvalue weighted by atomic mass is 9.99. The number of nitrogens with zero attached hydrogens (tertiary/aromatic N) is 3. The lowest BCUT2D eigenvalue weighted by Crippen LogP contribution is -2.38. The van der Waals surface area contributed by atoms with E-state index in [1.54, 1.807) is 0 Å². The highest BCUT2D eigenvalue weighted by Crippen LogP contribution is 2.25. The van der Waals surface area contributed by atoms with E-state index in [1.807, 2.05) is 12.1 Å². The Labute approximate surface area is 133 Å². The van der Waals surface area contributed by atoms with Crippen molar-refractivity contribution < 1.29 is 0 Å². The number of aromatic nitrogens is 3. The molecule has 3 rings (SSSR count). The second kappa shape index (κ2) is 6.15. The molecule has 1 aromatic heterocycles. The summed E-state index contributed by atoms with van der Waals surface area (Å²) in [5.41, 5.74) is 8.03. The molecule has 2 heterocycles. The topological polar surface area (TPSA) is 70.8 Å². The summed E-state index contributed by atoms with van der Waals surface area (Å²) in [6, 6.07) is 6.19. The molecule has 1 atom stereocenters. The van der Waals surface area contributed by atoms with Crippen LogP contribution in [0.1, 0.15) is 18.4 Å². The number of hydrogen-bond acceptors (Lipinski definition) is 4. The third kappa shape index (κ3) is 3.11. The highest BCUT2D eigenvalue weighted by molar-refractivity contribution is 9.10. The van der Waals surface area contributed by atoms with Crippen molar-refractivity contribution in [3.8, 4) is 11.4 Å². The molecular weight excluding hydrogens is 330 g/mol. The van der Waals surface area contributed by atoms with Crippen molar-refractivity contribution in [2.24, 2.45) is 11.7 Å². The molecule has 1 aromatic carbocycles. The lowest BCUT2D eigenvalue weighted by Gasteiger charge is -2.31. The summed E-state index contributed by atoms with van der Waals surface area (Å²) in [6.07, 6.45) is 2.36. The van der Waals surface area contributed by atoms with Crippen molar-refractivity contribution in [2.75, 3.05) is 24.5 Å². The van der Waals surface area contributed by atoms with E-state index in [4.69, 9.17) is 5.73 Å². The van der Waals surface area contributed by atoms with E-state index in [-0.39, 0.29) is 0 Å². The number of anilines is 1. The average molecular weight is 350 g/mol. The zero-order valence-electron chi connectivity index (χ0n) is 12.1.